The molecule has 0 aliphatic carbocycles. The van der Waals surface area contributed by atoms with Crippen molar-refractivity contribution in [3.05, 3.63) is 0 Å². The minimum atomic E-state index is -1.08. The van der Waals surface area contributed by atoms with Crippen LogP contribution in [0.2, 0.25) is 0 Å². The first-order valence-corrected chi connectivity index (χ1v) is 10.2. The summed E-state index contributed by atoms with van der Waals surface area (Å²) >= 11 is 0. The Morgan fingerprint density at radius 2 is 1.30 bits per heavy atom. The molecular formula is C15H33O4P. The summed E-state index contributed by atoms with van der Waals surface area (Å²) in [5.74, 6) is -1.08. The number of rotatable bonds is 11. The molecule has 0 aromatic carbocycles. The van der Waals surface area contributed by atoms with Crippen LogP contribution < -0.4 is 5.11 Å². The van der Waals surface area contributed by atoms with Gasteiger partial charge in [0.1, 0.15) is 0 Å². The molecule has 0 aliphatic rings. The van der Waals surface area contributed by atoms with Crippen LogP contribution >= 0.6 is 7.26 Å². The maximum atomic E-state index is 9.87. The molecule has 0 spiro atoms. The molecule has 0 saturated carbocycles. The lowest BCUT2D eigenvalue weighted by atomic mass is 10.5. The predicted octanol–water partition coefficient (Wildman–Crippen LogP) is 2.26. The Labute approximate surface area is 125 Å². The van der Waals surface area contributed by atoms with E-state index >= 15 is 0 Å². The third kappa shape index (κ3) is 12.8. The maximum Gasteiger partial charge on any atom is 0.0700 e. The Bertz CT molecular complexity index is 200. The predicted molar refractivity (Wildman–Crippen MR) is 86.0 cm³/mol. The van der Waals surface area contributed by atoms with E-state index in [9.17, 15) is 9.90 Å². The fraction of sp³-hybridized carbons (Fsp3) is 0.933. The Morgan fingerprint density at radius 3 is 1.60 bits per heavy atom. The second-order valence-corrected chi connectivity index (χ2v) is 9.75. The van der Waals surface area contributed by atoms with Crippen LogP contribution in [-0.4, -0.2) is 57.0 Å². The highest BCUT2D eigenvalue weighted by atomic mass is 31.2. The molecule has 0 atom stereocenters. The van der Waals surface area contributed by atoms with Gasteiger partial charge in [-0.15, -0.1) is 0 Å². The molecule has 0 saturated heterocycles. The van der Waals surface area contributed by atoms with Gasteiger partial charge in [-0.3, -0.25) is 0 Å². The summed E-state index contributed by atoms with van der Waals surface area (Å²) in [6, 6.07) is 0. The summed E-state index contributed by atoms with van der Waals surface area (Å²) in [6.07, 6.45) is 5.77. The Morgan fingerprint density at radius 1 is 0.850 bits per heavy atom. The number of hydrogen-bond donors (Lipinski definition) is 0. The summed E-state index contributed by atoms with van der Waals surface area (Å²) in [6.45, 7) is 13.1. The van der Waals surface area contributed by atoms with Gasteiger partial charge in [0.2, 0.25) is 0 Å². The van der Waals surface area contributed by atoms with Gasteiger partial charge in [0.05, 0.1) is 44.5 Å². The molecule has 0 unspecified atom stereocenters. The van der Waals surface area contributed by atoms with Crippen molar-refractivity contribution >= 4 is 13.2 Å². The van der Waals surface area contributed by atoms with Crippen molar-refractivity contribution in [1.29, 1.82) is 0 Å². The van der Waals surface area contributed by atoms with Crippen molar-refractivity contribution in [3.8, 4) is 0 Å². The normalized spacial score (nSPS) is 10.8. The minimum Gasteiger partial charge on any atom is -0.550 e. The first kappa shape index (κ1) is 22.1. The smallest absolute Gasteiger partial charge is 0.0700 e. The van der Waals surface area contributed by atoms with Gasteiger partial charge < -0.3 is 19.4 Å². The van der Waals surface area contributed by atoms with Crippen molar-refractivity contribution in [2.45, 2.75) is 41.0 Å². The van der Waals surface area contributed by atoms with Crippen molar-refractivity contribution < 1.29 is 19.4 Å². The fourth-order valence-electron chi connectivity index (χ4n) is 1.86. The van der Waals surface area contributed by atoms with E-state index in [0.717, 1.165) is 0 Å². The van der Waals surface area contributed by atoms with E-state index in [0.29, 0.717) is 19.8 Å². The molecule has 0 N–H and O–H groups in total. The van der Waals surface area contributed by atoms with Crippen LogP contribution in [0.5, 0.6) is 0 Å². The molecule has 0 bridgehead atoms. The van der Waals surface area contributed by atoms with Crippen molar-refractivity contribution in [2.75, 3.05) is 51.1 Å². The lowest BCUT2D eigenvalue weighted by Gasteiger charge is -2.20. The molecule has 0 aliphatic heterocycles. The zero-order valence-electron chi connectivity index (χ0n) is 13.9. The Balaban J connectivity index is 0. The zero-order chi connectivity index (χ0) is 15.9. The van der Waals surface area contributed by atoms with Crippen molar-refractivity contribution in [3.63, 3.8) is 0 Å². The second-order valence-electron chi connectivity index (χ2n) is 4.54. The van der Waals surface area contributed by atoms with Crippen molar-refractivity contribution in [1.82, 2.24) is 0 Å². The van der Waals surface area contributed by atoms with Crippen LogP contribution in [0.25, 0.3) is 0 Å². The maximum absolute atomic E-state index is 9.87. The van der Waals surface area contributed by atoms with E-state index in [1.807, 2.05) is 6.92 Å². The van der Waals surface area contributed by atoms with Crippen LogP contribution in [0.15, 0.2) is 0 Å². The molecule has 20 heavy (non-hydrogen) atoms. The zero-order valence-corrected chi connectivity index (χ0v) is 14.8. The van der Waals surface area contributed by atoms with E-state index in [4.69, 9.17) is 9.47 Å². The third-order valence-corrected chi connectivity index (χ3v) is 9.08. The fourth-order valence-corrected chi connectivity index (χ4v) is 4.54. The number of aliphatic carboxylic acids is 1. The standard InChI is InChI=1S/C8H20P.C7H14O4/c1-5-9(6-2,7-3)8-4;1-2-10-5-6-11-4-3-7(8)9/h5-8H2,1-4H3;2-6H2,1H3,(H,8,9)/q+1;/p-1. The first-order valence-electron chi connectivity index (χ1n) is 7.72. The highest BCUT2D eigenvalue weighted by molar-refractivity contribution is 7.75. The molecule has 0 amide bonds. The molecule has 0 aromatic rings. The molecule has 5 heteroatoms. The third-order valence-electron chi connectivity index (χ3n) is 3.71. The highest BCUT2D eigenvalue weighted by Crippen LogP contribution is 2.57. The number of carboxylic acid groups (broad SMARTS) is 1. The van der Waals surface area contributed by atoms with E-state index in [1.54, 1.807) is 0 Å². The van der Waals surface area contributed by atoms with Gasteiger partial charge in [0, 0.05) is 26.3 Å². The van der Waals surface area contributed by atoms with Gasteiger partial charge in [0.15, 0.2) is 0 Å². The number of ether oxygens (including phenoxy) is 2. The van der Waals surface area contributed by atoms with Crippen LogP contribution in [0, 0.1) is 0 Å². The van der Waals surface area contributed by atoms with Crippen LogP contribution in [0.4, 0.5) is 0 Å². The van der Waals surface area contributed by atoms with Crippen LogP contribution in [0.1, 0.15) is 41.0 Å². The Hall–Kier alpha value is -0.180. The molecule has 122 valence electrons. The van der Waals surface area contributed by atoms with Crippen LogP contribution in [-0.2, 0) is 14.3 Å². The largest absolute Gasteiger partial charge is 0.550 e. The minimum absolute atomic E-state index is 0.0495. The number of carbonyl (C=O) groups is 1. The first-order chi connectivity index (χ1) is 9.51. The van der Waals surface area contributed by atoms with E-state index < -0.39 is 13.2 Å². The topological polar surface area (TPSA) is 58.6 Å². The summed E-state index contributed by atoms with van der Waals surface area (Å²) < 4.78 is 9.85. The summed E-state index contributed by atoms with van der Waals surface area (Å²) in [4.78, 5) is 9.87. The van der Waals surface area contributed by atoms with Crippen molar-refractivity contribution in [2.24, 2.45) is 0 Å². The van der Waals surface area contributed by atoms with Crippen LogP contribution in [0.3, 0.4) is 0 Å². The lowest BCUT2D eigenvalue weighted by molar-refractivity contribution is -0.306. The molecule has 0 heterocycles. The van der Waals surface area contributed by atoms with Gasteiger partial charge in [-0.25, -0.2) is 0 Å². The van der Waals surface area contributed by atoms with E-state index in [2.05, 4.69) is 27.7 Å². The number of carbonyl (C=O) groups excluding carboxylic acids is 1. The molecule has 0 aromatic heterocycles. The molecule has 0 rings (SSSR count). The number of carboxylic acids is 1. The van der Waals surface area contributed by atoms with Gasteiger partial charge in [-0.05, 0) is 34.6 Å². The quantitative estimate of drug-likeness (QED) is 0.434. The van der Waals surface area contributed by atoms with E-state index in [-0.39, 0.29) is 13.0 Å². The van der Waals surface area contributed by atoms with E-state index in [1.165, 1.54) is 24.6 Å². The lowest BCUT2D eigenvalue weighted by Crippen LogP contribution is -2.23. The summed E-state index contributed by atoms with van der Waals surface area (Å²) in [5, 5.41) is 9.87. The average Bonchev–Trinajstić information content (AvgIpc) is 2.46. The SMILES string of the molecule is CCOCCOCCC(=O)[O-].CC[P+](CC)(CC)CC. The molecule has 4 nitrogen and oxygen atoms in total. The highest BCUT2D eigenvalue weighted by Gasteiger charge is 2.27. The molecule has 0 fully saturated rings. The van der Waals surface area contributed by atoms with Gasteiger partial charge >= 0.3 is 0 Å². The van der Waals surface area contributed by atoms with Gasteiger partial charge in [-0.2, -0.15) is 0 Å². The van der Waals surface area contributed by atoms with Gasteiger partial charge in [0.25, 0.3) is 0 Å². The second kappa shape index (κ2) is 15.2. The summed E-state index contributed by atoms with van der Waals surface area (Å²) in [5.41, 5.74) is 0. The molecular weight excluding hydrogens is 275 g/mol. The Kier molecular flexibility index (Phi) is 16.8. The summed E-state index contributed by atoms with van der Waals surface area (Å²) in [7, 11) is -0.420. The van der Waals surface area contributed by atoms with Gasteiger partial charge in [-0.1, -0.05) is 0 Å². The molecule has 0 radical (unpaired) electrons. The number of hydrogen-bond acceptors (Lipinski definition) is 4. The monoisotopic (exact) mass is 308 g/mol. The average molecular weight is 308 g/mol.